The van der Waals surface area contributed by atoms with Crippen LogP contribution in [0.15, 0.2) is 41.6 Å². The molecule has 2 aromatic rings. The van der Waals surface area contributed by atoms with Crippen molar-refractivity contribution in [2.45, 2.75) is 6.92 Å². The molecule has 0 aliphatic heterocycles. The SMILES string of the molecule is C/C=C(/Cl)C(=N)c1c[nH]c2ccccc12. The Morgan fingerprint density at radius 3 is 2.87 bits per heavy atom. The van der Waals surface area contributed by atoms with Gasteiger partial charge in [0, 0.05) is 22.7 Å². The molecule has 0 spiro atoms. The van der Waals surface area contributed by atoms with E-state index in [1.54, 1.807) is 6.08 Å². The molecule has 0 aliphatic rings. The maximum absolute atomic E-state index is 7.91. The number of allylic oxidation sites excluding steroid dienone is 2. The van der Waals surface area contributed by atoms with Crippen LogP contribution in [0, 0.1) is 5.41 Å². The van der Waals surface area contributed by atoms with Gasteiger partial charge < -0.3 is 4.98 Å². The van der Waals surface area contributed by atoms with Gasteiger partial charge in [-0.05, 0) is 13.0 Å². The Balaban J connectivity index is 2.58. The third-order valence-corrected chi connectivity index (χ3v) is 2.76. The molecule has 0 radical (unpaired) electrons. The monoisotopic (exact) mass is 218 g/mol. The molecule has 2 N–H and O–H groups in total. The first-order valence-corrected chi connectivity index (χ1v) is 5.09. The van der Waals surface area contributed by atoms with Gasteiger partial charge in [-0.2, -0.15) is 0 Å². The second-order valence-corrected chi connectivity index (χ2v) is 3.67. The lowest BCUT2D eigenvalue weighted by Crippen LogP contribution is -1.97. The van der Waals surface area contributed by atoms with Gasteiger partial charge in [-0.25, -0.2) is 0 Å². The Labute approximate surface area is 93.1 Å². The summed E-state index contributed by atoms with van der Waals surface area (Å²) in [5, 5.41) is 9.42. The molecule has 1 heterocycles. The highest BCUT2D eigenvalue weighted by molar-refractivity contribution is 6.46. The predicted octanol–water partition coefficient (Wildman–Crippen LogP) is 3.68. The highest BCUT2D eigenvalue weighted by Crippen LogP contribution is 2.21. The molecule has 0 amide bonds. The van der Waals surface area contributed by atoms with Crippen molar-refractivity contribution in [2.75, 3.05) is 0 Å². The highest BCUT2D eigenvalue weighted by Gasteiger charge is 2.09. The van der Waals surface area contributed by atoms with E-state index >= 15 is 0 Å². The minimum atomic E-state index is 0.358. The number of halogens is 1. The predicted molar refractivity (Wildman–Crippen MR) is 64.7 cm³/mol. The number of hydrogen-bond acceptors (Lipinski definition) is 1. The summed E-state index contributed by atoms with van der Waals surface area (Å²) >= 11 is 5.93. The number of benzene rings is 1. The second kappa shape index (κ2) is 3.91. The Kier molecular flexibility index (Phi) is 2.60. The molecule has 0 unspecified atom stereocenters. The standard InChI is InChI=1S/C12H11ClN2/c1-2-10(13)12(14)9-7-15-11-6-4-3-5-8(9)11/h2-7,14-15H,1H3/b10-2+,14-12?. The number of fused-ring (bicyclic) bond motifs is 1. The van der Waals surface area contributed by atoms with Gasteiger partial charge >= 0.3 is 0 Å². The zero-order valence-corrected chi connectivity index (χ0v) is 9.10. The van der Waals surface area contributed by atoms with Gasteiger partial charge in [0.25, 0.3) is 0 Å². The number of para-hydroxylation sites is 1. The Bertz CT molecular complexity index is 537. The van der Waals surface area contributed by atoms with Gasteiger partial charge in [0.05, 0.1) is 10.7 Å². The molecule has 1 aromatic carbocycles. The van der Waals surface area contributed by atoms with Crippen LogP contribution in [0.2, 0.25) is 0 Å². The van der Waals surface area contributed by atoms with Gasteiger partial charge in [-0.1, -0.05) is 35.9 Å². The Hall–Kier alpha value is -1.54. The van der Waals surface area contributed by atoms with E-state index in [2.05, 4.69) is 4.98 Å². The Morgan fingerprint density at radius 2 is 2.13 bits per heavy atom. The number of nitrogens with one attached hydrogen (secondary N) is 2. The molecule has 1 aromatic heterocycles. The maximum Gasteiger partial charge on any atom is 0.0816 e. The fourth-order valence-electron chi connectivity index (χ4n) is 1.55. The lowest BCUT2D eigenvalue weighted by atomic mass is 10.1. The van der Waals surface area contributed by atoms with Crippen LogP contribution in [0.4, 0.5) is 0 Å². The molecule has 0 saturated carbocycles. The molecular formula is C12H11ClN2. The zero-order valence-electron chi connectivity index (χ0n) is 8.34. The molecule has 0 aliphatic carbocycles. The van der Waals surface area contributed by atoms with E-state index < -0.39 is 0 Å². The first kappa shape index (κ1) is 9.99. The lowest BCUT2D eigenvalue weighted by molar-refractivity contribution is 1.45. The fraction of sp³-hybridized carbons (Fsp3) is 0.0833. The summed E-state index contributed by atoms with van der Waals surface area (Å²) in [5.74, 6) is 0. The van der Waals surface area contributed by atoms with Crippen LogP contribution < -0.4 is 0 Å². The van der Waals surface area contributed by atoms with E-state index in [1.165, 1.54) is 0 Å². The van der Waals surface area contributed by atoms with Crippen LogP contribution in [0.1, 0.15) is 12.5 Å². The van der Waals surface area contributed by atoms with Gasteiger partial charge in [-0.15, -0.1) is 0 Å². The van der Waals surface area contributed by atoms with E-state index in [9.17, 15) is 0 Å². The van der Waals surface area contributed by atoms with Gasteiger partial charge in [0.15, 0.2) is 0 Å². The molecule has 0 saturated heterocycles. The quantitative estimate of drug-likeness (QED) is 0.722. The van der Waals surface area contributed by atoms with Crippen molar-refractivity contribution in [3.63, 3.8) is 0 Å². The van der Waals surface area contributed by atoms with Crippen LogP contribution in [0.25, 0.3) is 10.9 Å². The van der Waals surface area contributed by atoms with Crippen molar-refractivity contribution in [1.29, 1.82) is 5.41 Å². The Morgan fingerprint density at radius 1 is 1.40 bits per heavy atom. The van der Waals surface area contributed by atoms with E-state index in [0.717, 1.165) is 16.5 Å². The molecule has 15 heavy (non-hydrogen) atoms. The molecule has 0 bridgehead atoms. The minimum absolute atomic E-state index is 0.358. The summed E-state index contributed by atoms with van der Waals surface area (Å²) < 4.78 is 0. The third-order valence-electron chi connectivity index (χ3n) is 2.35. The topological polar surface area (TPSA) is 39.6 Å². The largest absolute Gasteiger partial charge is 0.360 e. The van der Waals surface area contributed by atoms with Crippen molar-refractivity contribution in [3.05, 3.63) is 47.1 Å². The van der Waals surface area contributed by atoms with E-state index in [-0.39, 0.29) is 0 Å². The number of hydrogen-bond donors (Lipinski definition) is 2. The van der Waals surface area contributed by atoms with Gasteiger partial charge in [-0.3, -0.25) is 5.41 Å². The zero-order chi connectivity index (χ0) is 10.8. The van der Waals surface area contributed by atoms with Crippen LogP contribution in [0.3, 0.4) is 0 Å². The molecule has 0 fully saturated rings. The number of aromatic amines is 1. The molecule has 0 atom stereocenters. The normalized spacial score (nSPS) is 12.0. The summed E-state index contributed by atoms with van der Waals surface area (Å²) in [6.45, 7) is 1.83. The minimum Gasteiger partial charge on any atom is -0.360 e. The number of rotatable bonds is 2. The van der Waals surface area contributed by atoms with E-state index in [4.69, 9.17) is 17.0 Å². The molecule has 3 heteroatoms. The van der Waals surface area contributed by atoms with Crippen molar-refractivity contribution in [1.82, 2.24) is 4.98 Å². The first-order chi connectivity index (χ1) is 7.24. The fourth-order valence-corrected chi connectivity index (χ4v) is 1.65. The average Bonchev–Trinajstić information content (AvgIpc) is 2.70. The highest BCUT2D eigenvalue weighted by atomic mass is 35.5. The molecular weight excluding hydrogens is 208 g/mol. The van der Waals surface area contributed by atoms with Crippen LogP contribution >= 0.6 is 11.6 Å². The van der Waals surface area contributed by atoms with Crippen LogP contribution in [0.5, 0.6) is 0 Å². The summed E-state index contributed by atoms with van der Waals surface area (Å²) in [6, 6.07) is 7.88. The van der Waals surface area contributed by atoms with Gasteiger partial charge in [0.2, 0.25) is 0 Å². The maximum atomic E-state index is 7.91. The average molecular weight is 219 g/mol. The van der Waals surface area contributed by atoms with Crippen molar-refractivity contribution in [2.24, 2.45) is 0 Å². The molecule has 76 valence electrons. The third kappa shape index (κ3) is 1.68. The number of H-pyrrole nitrogens is 1. The van der Waals surface area contributed by atoms with Crippen molar-refractivity contribution >= 4 is 28.2 Å². The van der Waals surface area contributed by atoms with Gasteiger partial charge in [0.1, 0.15) is 0 Å². The van der Waals surface area contributed by atoms with Crippen molar-refractivity contribution < 1.29 is 0 Å². The first-order valence-electron chi connectivity index (χ1n) is 4.71. The lowest BCUT2D eigenvalue weighted by Gasteiger charge is -1.99. The van der Waals surface area contributed by atoms with Crippen molar-refractivity contribution in [3.8, 4) is 0 Å². The van der Waals surface area contributed by atoms with Crippen LogP contribution in [-0.2, 0) is 0 Å². The smallest absolute Gasteiger partial charge is 0.0816 e. The van der Waals surface area contributed by atoms with E-state index in [0.29, 0.717) is 10.7 Å². The summed E-state index contributed by atoms with van der Waals surface area (Å²) in [4.78, 5) is 3.12. The van der Waals surface area contributed by atoms with E-state index in [1.807, 2.05) is 37.4 Å². The summed E-state index contributed by atoms with van der Waals surface area (Å²) in [5.41, 5.74) is 2.23. The molecule has 2 rings (SSSR count). The summed E-state index contributed by atoms with van der Waals surface area (Å²) in [7, 11) is 0. The summed E-state index contributed by atoms with van der Waals surface area (Å²) in [6.07, 6.45) is 3.55. The van der Waals surface area contributed by atoms with Crippen LogP contribution in [-0.4, -0.2) is 10.7 Å². The number of aromatic nitrogens is 1. The second-order valence-electron chi connectivity index (χ2n) is 3.26. The molecule has 2 nitrogen and oxygen atoms in total.